The summed E-state index contributed by atoms with van der Waals surface area (Å²) in [6, 6.07) is 2.06. The third-order valence-electron chi connectivity index (χ3n) is 4.39. The first kappa shape index (κ1) is 14.2. The van der Waals surface area contributed by atoms with Crippen LogP contribution < -0.4 is 0 Å². The molecule has 1 fully saturated rings. The summed E-state index contributed by atoms with van der Waals surface area (Å²) in [6.45, 7) is 4.47. The molecule has 1 aliphatic rings. The van der Waals surface area contributed by atoms with Gasteiger partial charge in [-0.05, 0) is 48.7 Å². The number of hydrogen-bond donors (Lipinski definition) is 1. The molecule has 0 atom stereocenters. The number of tetrazole rings is 1. The lowest BCUT2D eigenvalue weighted by Crippen LogP contribution is -2.33. The molecule has 0 spiro atoms. The fraction of sp³-hybridized carbons (Fsp3) is 0.571. The maximum absolute atomic E-state index is 11.7. The van der Waals surface area contributed by atoms with Crippen molar-refractivity contribution in [2.45, 2.75) is 46.1 Å². The standard InChI is InChI=1S/C14H18N4O2S/c1-9-7-11(21-10(9)2)12-15-16-17-18(12)8-14(13(19)20)5-3-4-6-14/h7H,3-6,8H2,1-2H3,(H,19,20). The summed E-state index contributed by atoms with van der Waals surface area (Å²) >= 11 is 1.64. The lowest BCUT2D eigenvalue weighted by atomic mass is 9.86. The number of aliphatic carboxylic acids is 1. The van der Waals surface area contributed by atoms with Gasteiger partial charge < -0.3 is 5.11 Å². The van der Waals surface area contributed by atoms with Crippen molar-refractivity contribution in [3.63, 3.8) is 0 Å². The van der Waals surface area contributed by atoms with Gasteiger partial charge >= 0.3 is 5.97 Å². The molecule has 21 heavy (non-hydrogen) atoms. The quantitative estimate of drug-likeness (QED) is 0.939. The topological polar surface area (TPSA) is 80.9 Å². The molecule has 0 aliphatic heterocycles. The van der Waals surface area contributed by atoms with Crippen LogP contribution in [0.15, 0.2) is 6.07 Å². The SMILES string of the molecule is Cc1cc(-c2nnnn2CC2(C(=O)O)CCCC2)sc1C. The van der Waals surface area contributed by atoms with Crippen molar-refractivity contribution in [1.82, 2.24) is 20.2 Å². The van der Waals surface area contributed by atoms with E-state index in [4.69, 9.17) is 0 Å². The van der Waals surface area contributed by atoms with Gasteiger partial charge in [0, 0.05) is 4.88 Å². The Morgan fingerprint density at radius 1 is 1.43 bits per heavy atom. The molecule has 1 saturated carbocycles. The molecular formula is C14H18N4O2S. The highest BCUT2D eigenvalue weighted by Gasteiger charge is 2.42. The molecule has 6 nitrogen and oxygen atoms in total. The largest absolute Gasteiger partial charge is 0.481 e. The molecular weight excluding hydrogens is 288 g/mol. The van der Waals surface area contributed by atoms with E-state index in [0.29, 0.717) is 25.2 Å². The zero-order valence-corrected chi connectivity index (χ0v) is 13.0. The van der Waals surface area contributed by atoms with E-state index in [9.17, 15) is 9.90 Å². The van der Waals surface area contributed by atoms with Gasteiger partial charge in [0.25, 0.3) is 0 Å². The first-order valence-corrected chi connectivity index (χ1v) is 7.90. The highest BCUT2D eigenvalue weighted by atomic mass is 32.1. The van der Waals surface area contributed by atoms with E-state index in [1.165, 1.54) is 10.4 Å². The number of carboxylic acids is 1. The third kappa shape index (κ3) is 2.46. The van der Waals surface area contributed by atoms with Crippen LogP contribution in [0.25, 0.3) is 10.7 Å². The lowest BCUT2D eigenvalue weighted by molar-refractivity contribution is -0.149. The van der Waals surface area contributed by atoms with Crippen LogP contribution in [-0.4, -0.2) is 31.3 Å². The van der Waals surface area contributed by atoms with E-state index in [0.717, 1.165) is 17.7 Å². The maximum atomic E-state index is 11.7. The first-order chi connectivity index (χ1) is 10.0. The predicted octanol–water partition coefficient (Wildman–Crippen LogP) is 2.66. The van der Waals surface area contributed by atoms with Gasteiger partial charge in [0.2, 0.25) is 0 Å². The summed E-state index contributed by atoms with van der Waals surface area (Å²) in [5.74, 6) is -0.0660. The second-order valence-electron chi connectivity index (χ2n) is 5.80. The molecule has 0 amide bonds. The second-order valence-corrected chi connectivity index (χ2v) is 7.06. The fourth-order valence-corrected chi connectivity index (χ4v) is 3.97. The highest BCUT2D eigenvalue weighted by molar-refractivity contribution is 7.15. The van der Waals surface area contributed by atoms with Crippen molar-refractivity contribution in [1.29, 1.82) is 0 Å². The number of thiophene rings is 1. The number of aromatic nitrogens is 4. The number of hydrogen-bond acceptors (Lipinski definition) is 5. The van der Waals surface area contributed by atoms with Gasteiger partial charge in [-0.15, -0.1) is 16.4 Å². The normalized spacial score (nSPS) is 17.2. The van der Waals surface area contributed by atoms with Crippen LogP contribution in [0.2, 0.25) is 0 Å². The Bertz CT molecular complexity index is 651. The molecule has 0 saturated heterocycles. The minimum Gasteiger partial charge on any atom is -0.481 e. The van der Waals surface area contributed by atoms with Gasteiger partial charge in [-0.2, -0.15) is 0 Å². The van der Waals surface area contributed by atoms with Crippen LogP contribution in [-0.2, 0) is 11.3 Å². The Hall–Kier alpha value is -1.76. The van der Waals surface area contributed by atoms with E-state index in [1.54, 1.807) is 16.0 Å². The molecule has 1 aliphatic carbocycles. The molecule has 1 N–H and O–H groups in total. The van der Waals surface area contributed by atoms with Crippen molar-refractivity contribution in [2.75, 3.05) is 0 Å². The van der Waals surface area contributed by atoms with Crippen molar-refractivity contribution in [3.8, 4) is 10.7 Å². The van der Waals surface area contributed by atoms with Crippen LogP contribution in [0.3, 0.4) is 0 Å². The second kappa shape index (κ2) is 5.22. The van der Waals surface area contributed by atoms with Crippen LogP contribution in [0, 0.1) is 19.3 Å². The molecule has 112 valence electrons. The summed E-state index contributed by atoms with van der Waals surface area (Å²) < 4.78 is 1.66. The fourth-order valence-electron chi connectivity index (χ4n) is 2.95. The Kier molecular flexibility index (Phi) is 3.52. The first-order valence-electron chi connectivity index (χ1n) is 7.09. The average molecular weight is 306 g/mol. The Morgan fingerprint density at radius 3 is 2.71 bits per heavy atom. The molecule has 7 heteroatoms. The maximum Gasteiger partial charge on any atom is 0.311 e. The molecule has 3 rings (SSSR count). The number of carboxylic acid groups (broad SMARTS) is 1. The van der Waals surface area contributed by atoms with E-state index < -0.39 is 11.4 Å². The van der Waals surface area contributed by atoms with Crippen molar-refractivity contribution >= 4 is 17.3 Å². The molecule has 0 bridgehead atoms. The van der Waals surface area contributed by atoms with Gasteiger partial charge in [-0.1, -0.05) is 12.8 Å². The summed E-state index contributed by atoms with van der Waals surface area (Å²) in [7, 11) is 0. The van der Waals surface area contributed by atoms with Crippen LogP contribution in [0.1, 0.15) is 36.1 Å². The lowest BCUT2D eigenvalue weighted by Gasteiger charge is -2.23. The minimum atomic E-state index is -0.736. The van der Waals surface area contributed by atoms with Gasteiger partial charge in [0.05, 0.1) is 16.8 Å². The molecule has 0 radical (unpaired) electrons. The summed E-state index contributed by atoms with van der Waals surface area (Å²) in [5.41, 5.74) is 0.490. The van der Waals surface area contributed by atoms with Gasteiger partial charge in [0.1, 0.15) is 0 Å². The summed E-state index contributed by atoms with van der Waals surface area (Å²) in [4.78, 5) is 13.9. The van der Waals surface area contributed by atoms with Gasteiger partial charge in [-0.3, -0.25) is 4.79 Å². The monoisotopic (exact) mass is 306 g/mol. The van der Waals surface area contributed by atoms with Gasteiger partial charge in [0.15, 0.2) is 5.82 Å². The Balaban J connectivity index is 1.94. The average Bonchev–Trinajstić information content (AvgIpc) is 3.13. The summed E-state index contributed by atoms with van der Waals surface area (Å²) in [5, 5.41) is 21.5. The number of aryl methyl sites for hydroxylation is 2. The smallest absolute Gasteiger partial charge is 0.311 e. The minimum absolute atomic E-state index is 0.348. The van der Waals surface area contributed by atoms with E-state index in [2.05, 4.69) is 35.4 Å². The Morgan fingerprint density at radius 2 is 2.14 bits per heavy atom. The third-order valence-corrected chi connectivity index (χ3v) is 5.53. The molecule has 0 unspecified atom stereocenters. The van der Waals surface area contributed by atoms with Crippen molar-refractivity contribution in [2.24, 2.45) is 5.41 Å². The zero-order valence-electron chi connectivity index (χ0n) is 12.2. The van der Waals surface area contributed by atoms with E-state index >= 15 is 0 Å². The number of nitrogens with zero attached hydrogens (tertiary/aromatic N) is 4. The molecule has 2 aromatic heterocycles. The van der Waals surface area contributed by atoms with Crippen LogP contribution in [0.4, 0.5) is 0 Å². The van der Waals surface area contributed by atoms with Crippen LogP contribution >= 0.6 is 11.3 Å². The molecule has 2 aromatic rings. The summed E-state index contributed by atoms with van der Waals surface area (Å²) in [6.07, 6.45) is 3.32. The Labute approximate surface area is 126 Å². The predicted molar refractivity (Wildman–Crippen MR) is 79.1 cm³/mol. The molecule has 2 heterocycles. The van der Waals surface area contributed by atoms with Gasteiger partial charge in [-0.25, -0.2) is 4.68 Å². The zero-order chi connectivity index (χ0) is 15.0. The number of carbonyl (C=O) groups is 1. The van der Waals surface area contributed by atoms with E-state index in [-0.39, 0.29) is 0 Å². The number of rotatable bonds is 4. The highest BCUT2D eigenvalue weighted by Crippen LogP contribution is 2.40. The van der Waals surface area contributed by atoms with Crippen molar-refractivity contribution < 1.29 is 9.90 Å². The van der Waals surface area contributed by atoms with E-state index in [1.807, 2.05) is 0 Å². The van der Waals surface area contributed by atoms with Crippen LogP contribution in [0.5, 0.6) is 0 Å². The van der Waals surface area contributed by atoms with Crippen molar-refractivity contribution in [3.05, 3.63) is 16.5 Å². The molecule has 0 aromatic carbocycles.